The second-order valence-electron chi connectivity index (χ2n) is 5.95. The van der Waals surface area contributed by atoms with Gasteiger partial charge >= 0.3 is 0 Å². The number of carbonyl (C=O) groups is 1. The molecule has 1 saturated heterocycles. The Balaban J connectivity index is 2.10. The predicted octanol–water partition coefficient (Wildman–Crippen LogP) is 2.19. The first kappa shape index (κ1) is 14.1. The Bertz CT molecular complexity index is 484. The van der Waals surface area contributed by atoms with Crippen LogP contribution in [0.3, 0.4) is 0 Å². The monoisotopic (exact) mass is 260 g/mol. The summed E-state index contributed by atoms with van der Waals surface area (Å²) in [6.07, 6.45) is 2.56. The molecule has 1 atom stereocenters. The molecule has 1 aliphatic heterocycles. The summed E-state index contributed by atoms with van der Waals surface area (Å²) in [4.78, 5) is 14.4. The van der Waals surface area contributed by atoms with Crippen molar-refractivity contribution >= 4 is 5.91 Å². The molecule has 2 N–H and O–H groups in total. The van der Waals surface area contributed by atoms with Gasteiger partial charge in [0.2, 0.25) is 5.91 Å². The first-order valence-corrected chi connectivity index (χ1v) is 7.03. The largest absolute Gasteiger partial charge is 0.336 e. The molecular weight excluding hydrogens is 236 g/mol. The van der Waals surface area contributed by atoms with Crippen LogP contribution in [0.15, 0.2) is 18.2 Å². The number of amides is 1. The molecular formula is C16H24N2O. The van der Waals surface area contributed by atoms with Crippen LogP contribution in [0.1, 0.15) is 36.5 Å². The van der Waals surface area contributed by atoms with E-state index in [9.17, 15) is 4.79 Å². The van der Waals surface area contributed by atoms with E-state index in [1.54, 1.807) is 0 Å². The van der Waals surface area contributed by atoms with E-state index in [2.05, 4.69) is 39.0 Å². The Morgan fingerprint density at radius 2 is 2.11 bits per heavy atom. The van der Waals surface area contributed by atoms with Crippen molar-refractivity contribution in [2.24, 2.45) is 5.73 Å². The number of hydrogen-bond donors (Lipinski definition) is 1. The first-order chi connectivity index (χ1) is 8.96. The Labute approximate surface area is 115 Å². The second-order valence-corrected chi connectivity index (χ2v) is 5.95. The maximum atomic E-state index is 12.5. The van der Waals surface area contributed by atoms with Crippen molar-refractivity contribution in [3.8, 4) is 0 Å². The molecule has 1 heterocycles. The molecule has 19 heavy (non-hydrogen) atoms. The van der Waals surface area contributed by atoms with Gasteiger partial charge in [-0.05, 0) is 50.3 Å². The molecule has 1 aromatic carbocycles. The lowest BCUT2D eigenvalue weighted by molar-refractivity contribution is -0.133. The number of likely N-dealkylation sites (tertiary alicyclic amines) is 1. The van der Waals surface area contributed by atoms with Crippen LogP contribution in [0.2, 0.25) is 0 Å². The molecule has 1 unspecified atom stereocenters. The fourth-order valence-corrected chi connectivity index (χ4v) is 2.84. The van der Waals surface area contributed by atoms with Gasteiger partial charge in [0, 0.05) is 13.1 Å². The molecule has 0 aromatic heterocycles. The topological polar surface area (TPSA) is 46.3 Å². The van der Waals surface area contributed by atoms with Gasteiger partial charge in [-0.15, -0.1) is 0 Å². The van der Waals surface area contributed by atoms with E-state index in [0.29, 0.717) is 13.0 Å². The third-order valence-electron chi connectivity index (χ3n) is 4.42. The quantitative estimate of drug-likeness (QED) is 0.905. The van der Waals surface area contributed by atoms with Crippen molar-refractivity contribution in [3.05, 3.63) is 34.9 Å². The highest BCUT2D eigenvalue weighted by Gasteiger charge is 2.37. The minimum Gasteiger partial charge on any atom is -0.336 e. The third kappa shape index (κ3) is 2.81. The fraction of sp³-hybridized carbons (Fsp3) is 0.562. The van der Waals surface area contributed by atoms with Crippen molar-refractivity contribution in [1.29, 1.82) is 0 Å². The van der Waals surface area contributed by atoms with Crippen LogP contribution in [0.5, 0.6) is 0 Å². The summed E-state index contributed by atoms with van der Waals surface area (Å²) >= 11 is 0. The number of nitrogens with zero attached hydrogens (tertiary/aromatic N) is 1. The van der Waals surface area contributed by atoms with Gasteiger partial charge in [0.15, 0.2) is 0 Å². The van der Waals surface area contributed by atoms with Gasteiger partial charge in [-0.3, -0.25) is 4.79 Å². The van der Waals surface area contributed by atoms with E-state index in [-0.39, 0.29) is 11.4 Å². The van der Waals surface area contributed by atoms with E-state index < -0.39 is 0 Å². The molecule has 1 fully saturated rings. The first-order valence-electron chi connectivity index (χ1n) is 7.03. The third-order valence-corrected chi connectivity index (χ3v) is 4.42. The zero-order valence-electron chi connectivity index (χ0n) is 12.2. The summed E-state index contributed by atoms with van der Waals surface area (Å²) < 4.78 is 0. The number of carbonyl (C=O) groups excluding carboxylic acids is 1. The zero-order valence-corrected chi connectivity index (χ0v) is 12.2. The molecule has 1 amide bonds. The highest BCUT2D eigenvalue weighted by molar-refractivity contribution is 5.80. The molecule has 3 heteroatoms. The highest BCUT2D eigenvalue weighted by atomic mass is 16.2. The molecule has 0 saturated carbocycles. The van der Waals surface area contributed by atoms with E-state index in [4.69, 9.17) is 5.73 Å². The molecule has 2 rings (SSSR count). The SMILES string of the molecule is Cc1ccc(CC(=O)N2CCCC2(C)CN)cc1C. The number of nitrogens with two attached hydrogens (primary N) is 1. The average Bonchev–Trinajstić information content (AvgIpc) is 2.77. The fourth-order valence-electron chi connectivity index (χ4n) is 2.84. The van der Waals surface area contributed by atoms with Gasteiger partial charge in [-0.2, -0.15) is 0 Å². The molecule has 3 nitrogen and oxygen atoms in total. The Hall–Kier alpha value is -1.35. The van der Waals surface area contributed by atoms with Gasteiger partial charge in [0.1, 0.15) is 0 Å². The van der Waals surface area contributed by atoms with Crippen molar-refractivity contribution in [3.63, 3.8) is 0 Å². The van der Waals surface area contributed by atoms with E-state index in [1.807, 2.05) is 4.90 Å². The van der Waals surface area contributed by atoms with Gasteiger partial charge < -0.3 is 10.6 Å². The van der Waals surface area contributed by atoms with Crippen LogP contribution in [0.4, 0.5) is 0 Å². The summed E-state index contributed by atoms with van der Waals surface area (Å²) in [5.41, 5.74) is 9.31. The minimum absolute atomic E-state index is 0.142. The van der Waals surface area contributed by atoms with Crippen LogP contribution in [0, 0.1) is 13.8 Å². The Kier molecular flexibility index (Phi) is 3.95. The molecule has 0 spiro atoms. The minimum atomic E-state index is -0.142. The lowest BCUT2D eigenvalue weighted by Gasteiger charge is -2.34. The zero-order chi connectivity index (χ0) is 14.0. The highest BCUT2D eigenvalue weighted by Crippen LogP contribution is 2.28. The molecule has 104 valence electrons. The van der Waals surface area contributed by atoms with Crippen LogP contribution in [-0.4, -0.2) is 29.4 Å². The molecule has 1 aliphatic rings. The standard InChI is InChI=1S/C16H24N2O/c1-12-5-6-14(9-13(12)2)10-15(19)18-8-4-7-16(18,3)11-17/h5-6,9H,4,7-8,10-11,17H2,1-3H3. The summed E-state index contributed by atoms with van der Waals surface area (Å²) in [5.74, 6) is 0.203. The molecule has 0 radical (unpaired) electrons. The van der Waals surface area contributed by atoms with E-state index in [1.165, 1.54) is 11.1 Å². The normalized spacial score (nSPS) is 22.8. The van der Waals surface area contributed by atoms with Gasteiger partial charge in [0.05, 0.1) is 12.0 Å². The lowest BCUT2D eigenvalue weighted by Crippen LogP contribution is -2.50. The summed E-state index contributed by atoms with van der Waals surface area (Å²) in [6, 6.07) is 6.25. The van der Waals surface area contributed by atoms with Gasteiger partial charge in [-0.25, -0.2) is 0 Å². The molecule has 0 aliphatic carbocycles. The van der Waals surface area contributed by atoms with Crippen LogP contribution in [-0.2, 0) is 11.2 Å². The smallest absolute Gasteiger partial charge is 0.227 e. The van der Waals surface area contributed by atoms with Crippen molar-refractivity contribution in [2.75, 3.05) is 13.1 Å². The number of benzene rings is 1. The van der Waals surface area contributed by atoms with Crippen LogP contribution >= 0.6 is 0 Å². The van der Waals surface area contributed by atoms with Crippen LogP contribution < -0.4 is 5.73 Å². The Morgan fingerprint density at radius 3 is 2.74 bits per heavy atom. The summed E-state index contributed by atoms with van der Waals surface area (Å²) in [5, 5.41) is 0. The number of aryl methyl sites for hydroxylation is 2. The number of hydrogen-bond acceptors (Lipinski definition) is 2. The van der Waals surface area contributed by atoms with Crippen LogP contribution in [0.25, 0.3) is 0 Å². The lowest BCUT2D eigenvalue weighted by atomic mass is 9.98. The van der Waals surface area contributed by atoms with Gasteiger partial charge in [-0.1, -0.05) is 18.2 Å². The van der Waals surface area contributed by atoms with Crippen molar-refractivity contribution in [2.45, 2.75) is 45.6 Å². The maximum Gasteiger partial charge on any atom is 0.227 e. The summed E-state index contributed by atoms with van der Waals surface area (Å²) in [6.45, 7) is 7.66. The van der Waals surface area contributed by atoms with Crippen molar-refractivity contribution in [1.82, 2.24) is 4.90 Å². The van der Waals surface area contributed by atoms with Gasteiger partial charge in [0.25, 0.3) is 0 Å². The Morgan fingerprint density at radius 1 is 1.37 bits per heavy atom. The van der Waals surface area contributed by atoms with Crippen molar-refractivity contribution < 1.29 is 4.79 Å². The average molecular weight is 260 g/mol. The number of rotatable bonds is 3. The molecule has 1 aromatic rings. The van der Waals surface area contributed by atoms with E-state index >= 15 is 0 Å². The maximum absolute atomic E-state index is 12.5. The predicted molar refractivity (Wildman–Crippen MR) is 78.0 cm³/mol. The second kappa shape index (κ2) is 5.33. The molecule has 0 bridgehead atoms. The van der Waals surface area contributed by atoms with E-state index in [0.717, 1.165) is 24.9 Å². The summed E-state index contributed by atoms with van der Waals surface area (Å²) in [7, 11) is 0.